The molecule has 20 heavy (non-hydrogen) atoms. The van der Waals surface area contributed by atoms with Crippen molar-refractivity contribution in [1.82, 2.24) is 9.97 Å². The first-order valence-corrected chi connectivity index (χ1v) is 7.20. The Bertz CT molecular complexity index is 547. The van der Waals surface area contributed by atoms with Gasteiger partial charge in [0, 0.05) is 11.9 Å². The molecule has 1 N–H and O–H groups in total. The fourth-order valence-electron chi connectivity index (χ4n) is 2.19. The van der Waals surface area contributed by atoms with E-state index >= 15 is 0 Å². The van der Waals surface area contributed by atoms with Crippen molar-refractivity contribution in [3.8, 4) is 0 Å². The molecule has 0 aliphatic carbocycles. The van der Waals surface area contributed by atoms with E-state index in [9.17, 15) is 0 Å². The summed E-state index contributed by atoms with van der Waals surface area (Å²) < 4.78 is 0. The van der Waals surface area contributed by atoms with Crippen LogP contribution in [0.3, 0.4) is 0 Å². The summed E-state index contributed by atoms with van der Waals surface area (Å²) in [6.07, 6.45) is 3.36. The van der Waals surface area contributed by atoms with Crippen molar-refractivity contribution in [3.05, 3.63) is 53.6 Å². The quantitative estimate of drug-likeness (QED) is 0.877. The fourth-order valence-corrected chi connectivity index (χ4v) is 2.19. The number of nitrogens with one attached hydrogen (secondary N) is 1. The Balaban J connectivity index is 2.18. The Labute approximate surface area is 121 Å². The Morgan fingerprint density at radius 3 is 2.45 bits per heavy atom. The minimum absolute atomic E-state index is 0.501. The van der Waals surface area contributed by atoms with Gasteiger partial charge in [0.05, 0.1) is 12.2 Å². The van der Waals surface area contributed by atoms with Crippen molar-refractivity contribution in [2.75, 3.05) is 5.32 Å². The van der Waals surface area contributed by atoms with E-state index in [2.05, 4.69) is 61.2 Å². The third kappa shape index (κ3) is 3.56. The second-order valence-corrected chi connectivity index (χ2v) is 5.71. The van der Waals surface area contributed by atoms with Crippen molar-refractivity contribution in [3.63, 3.8) is 0 Å². The van der Waals surface area contributed by atoms with Crippen LogP contribution in [0.15, 0.2) is 36.8 Å². The second kappa shape index (κ2) is 6.51. The summed E-state index contributed by atoms with van der Waals surface area (Å²) in [5.74, 6) is 1.06. The highest BCUT2D eigenvalue weighted by Gasteiger charge is 2.09. The third-order valence-electron chi connectivity index (χ3n) is 3.47. The number of hydrogen-bond acceptors (Lipinski definition) is 3. The zero-order chi connectivity index (χ0) is 14.5. The predicted octanol–water partition coefficient (Wildman–Crippen LogP) is 4.34. The number of aromatic nitrogens is 2. The number of rotatable bonds is 5. The highest BCUT2D eigenvalue weighted by Crippen LogP contribution is 2.28. The summed E-state index contributed by atoms with van der Waals surface area (Å²) in [5, 5.41) is 3.49. The van der Waals surface area contributed by atoms with Gasteiger partial charge in [0.15, 0.2) is 0 Å². The molecule has 0 unspecified atom stereocenters. The molecule has 1 aromatic carbocycles. The molecule has 0 saturated heterocycles. The summed E-state index contributed by atoms with van der Waals surface area (Å²) in [6, 6.07) is 8.65. The minimum atomic E-state index is 0.501. The molecule has 1 heterocycles. The van der Waals surface area contributed by atoms with Crippen molar-refractivity contribution < 1.29 is 0 Å². The standard InChI is InChI=1S/C17H23N3/c1-12(2)14-5-6-17(16(9-14)13(3)4)19-10-15-7-8-18-11-20-15/h5-9,11-13,19H,10H2,1-4H3. The van der Waals surface area contributed by atoms with E-state index in [1.54, 1.807) is 12.5 Å². The highest BCUT2D eigenvalue weighted by atomic mass is 14.9. The van der Waals surface area contributed by atoms with Crippen LogP contribution in [0.5, 0.6) is 0 Å². The van der Waals surface area contributed by atoms with Crippen LogP contribution in [0.1, 0.15) is 56.4 Å². The fraction of sp³-hybridized carbons (Fsp3) is 0.412. The smallest absolute Gasteiger partial charge is 0.115 e. The highest BCUT2D eigenvalue weighted by molar-refractivity contribution is 5.54. The maximum atomic E-state index is 4.24. The van der Waals surface area contributed by atoms with Gasteiger partial charge >= 0.3 is 0 Å². The lowest BCUT2D eigenvalue weighted by Gasteiger charge is -2.17. The van der Waals surface area contributed by atoms with Crippen molar-refractivity contribution in [2.24, 2.45) is 0 Å². The van der Waals surface area contributed by atoms with Crippen LogP contribution < -0.4 is 5.32 Å². The van der Waals surface area contributed by atoms with E-state index < -0.39 is 0 Å². The summed E-state index contributed by atoms with van der Waals surface area (Å²) in [5.41, 5.74) is 4.96. The van der Waals surface area contributed by atoms with Gasteiger partial charge in [0.2, 0.25) is 0 Å². The number of hydrogen-bond donors (Lipinski definition) is 1. The molecule has 0 fully saturated rings. The molecule has 0 aliphatic rings. The number of benzene rings is 1. The average molecular weight is 269 g/mol. The Morgan fingerprint density at radius 1 is 1.05 bits per heavy atom. The van der Waals surface area contributed by atoms with Gasteiger partial charge in [0.25, 0.3) is 0 Å². The van der Waals surface area contributed by atoms with Gasteiger partial charge in [-0.3, -0.25) is 0 Å². The topological polar surface area (TPSA) is 37.8 Å². The number of nitrogens with zero attached hydrogens (tertiary/aromatic N) is 2. The van der Waals surface area contributed by atoms with Crippen LogP contribution in [0.4, 0.5) is 5.69 Å². The summed E-state index contributed by atoms with van der Waals surface area (Å²) in [4.78, 5) is 8.18. The first-order chi connectivity index (χ1) is 9.58. The lowest BCUT2D eigenvalue weighted by molar-refractivity contribution is 0.832. The largest absolute Gasteiger partial charge is 0.379 e. The first-order valence-electron chi connectivity index (χ1n) is 7.20. The molecule has 0 aliphatic heterocycles. The van der Waals surface area contributed by atoms with E-state index in [1.807, 2.05) is 6.07 Å². The lowest BCUT2D eigenvalue weighted by Crippen LogP contribution is -2.06. The third-order valence-corrected chi connectivity index (χ3v) is 3.47. The monoisotopic (exact) mass is 269 g/mol. The van der Waals surface area contributed by atoms with E-state index in [0.717, 1.165) is 12.2 Å². The van der Waals surface area contributed by atoms with Crippen LogP contribution in [-0.2, 0) is 6.54 Å². The minimum Gasteiger partial charge on any atom is -0.379 e. The summed E-state index contributed by atoms with van der Waals surface area (Å²) in [7, 11) is 0. The van der Waals surface area contributed by atoms with Crippen LogP contribution >= 0.6 is 0 Å². The van der Waals surface area contributed by atoms with Crippen LogP contribution in [0.25, 0.3) is 0 Å². The molecule has 3 heteroatoms. The molecule has 2 rings (SSSR count). The van der Waals surface area contributed by atoms with Gasteiger partial charge in [-0.05, 0) is 35.1 Å². The van der Waals surface area contributed by atoms with Crippen molar-refractivity contribution in [2.45, 2.75) is 46.1 Å². The summed E-state index contributed by atoms with van der Waals surface area (Å²) >= 11 is 0. The van der Waals surface area contributed by atoms with Crippen molar-refractivity contribution in [1.29, 1.82) is 0 Å². The van der Waals surface area contributed by atoms with Gasteiger partial charge in [-0.25, -0.2) is 9.97 Å². The first kappa shape index (κ1) is 14.5. The molecule has 0 atom stereocenters. The lowest BCUT2D eigenvalue weighted by atomic mass is 9.94. The van der Waals surface area contributed by atoms with Gasteiger partial charge in [-0.15, -0.1) is 0 Å². The van der Waals surface area contributed by atoms with E-state index in [1.165, 1.54) is 16.8 Å². The van der Waals surface area contributed by atoms with Gasteiger partial charge in [0.1, 0.15) is 6.33 Å². The molecule has 2 aromatic rings. The molecule has 0 bridgehead atoms. The second-order valence-electron chi connectivity index (χ2n) is 5.71. The maximum Gasteiger partial charge on any atom is 0.115 e. The van der Waals surface area contributed by atoms with Gasteiger partial charge in [-0.2, -0.15) is 0 Å². The Morgan fingerprint density at radius 2 is 1.85 bits per heavy atom. The molecular formula is C17H23N3. The summed E-state index contributed by atoms with van der Waals surface area (Å²) in [6.45, 7) is 9.65. The number of anilines is 1. The molecule has 1 aromatic heterocycles. The average Bonchev–Trinajstić information content (AvgIpc) is 2.45. The molecule has 0 spiro atoms. The van der Waals surface area contributed by atoms with Gasteiger partial charge in [-0.1, -0.05) is 39.8 Å². The molecular weight excluding hydrogens is 246 g/mol. The SMILES string of the molecule is CC(C)c1ccc(NCc2ccncn2)c(C(C)C)c1. The Kier molecular flexibility index (Phi) is 4.72. The molecule has 0 radical (unpaired) electrons. The normalized spacial score (nSPS) is 11.1. The molecule has 106 valence electrons. The van der Waals surface area contributed by atoms with Crippen LogP contribution in [0, 0.1) is 0 Å². The van der Waals surface area contributed by atoms with Crippen molar-refractivity contribution >= 4 is 5.69 Å². The Hall–Kier alpha value is -1.90. The van der Waals surface area contributed by atoms with E-state index in [0.29, 0.717) is 11.8 Å². The maximum absolute atomic E-state index is 4.24. The van der Waals surface area contributed by atoms with Gasteiger partial charge < -0.3 is 5.32 Å². The van der Waals surface area contributed by atoms with E-state index in [4.69, 9.17) is 0 Å². The zero-order valence-electron chi connectivity index (χ0n) is 12.7. The predicted molar refractivity (Wildman–Crippen MR) is 84.0 cm³/mol. The molecule has 3 nitrogen and oxygen atoms in total. The molecule has 0 saturated carbocycles. The van der Waals surface area contributed by atoms with Crippen LogP contribution in [0.2, 0.25) is 0 Å². The van der Waals surface area contributed by atoms with Crippen LogP contribution in [-0.4, -0.2) is 9.97 Å². The molecule has 0 amide bonds. The van der Waals surface area contributed by atoms with E-state index in [-0.39, 0.29) is 0 Å². The zero-order valence-corrected chi connectivity index (χ0v) is 12.7.